The number of amides is 1. The fourth-order valence-electron chi connectivity index (χ4n) is 4.22. The Balaban J connectivity index is 1.30. The number of carbonyl (C=O) groups is 1. The Kier molecular flexibility index (Phi) is 7.12. The van der Waals surface area contributed by atoms with Crippen LogP contribution in [0.3, 0.4) is 0 Å². The number of ether oxygens (including phenoxy) is 1. The van der Waals surface area contributed by atoms with Crippen LogP contribution in [0, 0.1) is 0 Å². The highest BCUT2D eigenvalue weighted by molar-refractivity contribution is 8.26. The van der Waals surface area contributed by atoms with Gasteiger partial charge in [-0.25, -0.2) is 4.68 Å². The van der Waals surface area contributed by atoms with Gasteiger partial charge in [0.15, 0.2) is 0 Å². The summed E-state index contributed by atoms with van der Waals surface area (Å²) in [5.41, 5.74) is 4.51. The second-order valence-electron chi connectivity index (χ2n) is 8.86. The lowest BCUT2D eigenvalue weighted by Gasteiger charge is -2.11. The number of rotatable bonds is 8. The van der Waals surface area contributed by atoms with Crippen molar-refractivity contribution in [3.63, 3.8) is 0 Å². The summed E-state index contributed by atoms with van der Waals surface area (Å²) in [4.78, 5) is 15.4. The van der Waals surface area contributed by atoms with E-state index in [4.69, 9.17) is 26.5 Å². The third kappa shape index (κ3) is 5.57. The van der Waals surface area contributed by atoms with Gasteiger partial charge in [-0.2, -0.15) is 5.10 Å². The van der Waals surface area contributed by atoms with Crippen molar-refractivity contribution >= 4 is 40.3 Å². The predicted molar refractivity (Wildman–Crippen MR) is 157 cm³/mol. The van der Waals surface area contributed by atoms with Gasteiger partial charge >= 0.3 is 0 Å². The molecule has 0 aliphatic carbocycles. The van der Waals surface area contributed by atoms with E-state index in [-0.39, 0.29) is 5.91 Å². The standard InChI is InChI=1S/C31H23N3O3S2/c35-30-28(39-31(38)33(30)20-27-12-7-17-36-27)18-24-19-34(25-10-5-2-6-11-25)32-29(24)23-13-15-26(16-14-23)37-21-22-8-3-1-4-9-22/h1-19H,20-21H2/b28-18-. The molecule has 0 atom stereocenters. The van der Waals surface area contributed by atoms with Crippen LogP contribution in [0.5, 0.6) is 5.75 Å². The van der Waals surface area contributed by atoms with Crippen molar-refractivity contribution in [2.75, 3.05) is 0 Å². The van der Waals surface area contributed by atoms with Crippen LogP contribution in [0.25, 0.3) is 23.0 Å². The molecule has 1 fully saturated rings. The molecule has 0 saturated carbocycles. The van der Waals surface area contributed by atoms with Crippen LogP contribution in [-0.2, 0) is 17.9 Å². The highest BCUT2D eigenvalue weighted by atomic mass is 32.2. The summed E-state index contributed by atoms with van der Waals surface area (Å²) in [7, 11) is 0. The molecule has 1 aliphatic rings. The van der Waals surface area contributed by atoms with Crippen LogP contribution >= 0.6 is 24.0 Å². The molecule has 1 saturated heterocycles. The Labute approximate surface area is 235 Å². The van der Waals surface area contributed by atoms with Crippen LogP contribution in [0.1, 0.15) is 16.9 Å². The maximum absolute atomic E-state index is 13.3. The lowest BCUT2D eigenvalue weighted by atomic mass is 10.1. The van der Waals surface area contributed by atoms with Gasteiger partial charge in [0, 0.05) is 17.3 Å². The van der Waals surface area contributed by atoms with Gasteiger partial charge in [-0.1, -0.05) is 72.5 Å². The van der Waals surface area contributed by atoms with Gasteiger partial charge in [-0.05, 0) is 60.2 Å². The summed E-state index contributed by atoms with van der Waals surface area (Å²) in [5.74, 6) is 1.30. The first-order valence-electron chi connectivity index (χ1n) is 12.3. The molecule has 5 aromatic rings. The van der Waals surface area contributed by atoms with Crippen LogP contribution in [0.2, 0.25) is 0 Å². The smallest absolute Gasteiger partial charge is 0.266 e. The van der Waals surface area contributed by atoms with Crippen LogP contribution in [-0.4, -0.2) is 24.9 Å². The lowest BCUT2D eigenvalue weighted by molar-refractivity contribution is -0.122. The van der Waals surface area contributed by atoms with Gasteiger partial charge in [0.1, 0.15) is 22.4 Å². The van der Waals surface area contributed by atoms with Crippen LogP contribution < -0.4 is 4.74 Å². The van der Waals surface area contributed by atoms with Gasteiger partial charge in [-0.3, -0.25) is 9.69 Å². The van der Waals surface area contributed by atoms with Crippen molar-refractivity contribution in [2.45, 2.75) is 13.2 Å². The monoisotopic (exact) mass is 549 g/mol. The molecule has 192 valence electrons. The molecule has 0 bridgehead atoms. The zero-order valence-electron chi connectivity index (χ0n) is 20.8. The second kappa shape index (κ2) is 11.1. The van der Waals surface area contributed by atoms with Gasteiger partial charge in [0.25, 0.3) is 5.91 Å². The number of thiocarbonyl (C=S) groups is 1. The lowest BCUT2D eigenvalue weighted by Crippen LogP contribution is -2.27. The van der Waals surface area contributed by atoms with Crippen LogP contribution in [0.15, 0.2) is 119 Å². The maximum Gasteiger partial charge on any atom is 0.266 e. The molecule has 0 unspecified atom stereocenters. The molecule has 8 heteroatoms. The summed E-state index contributed by atoms with van der Waals surface area (Å²) in [5, 5.41) is 4.89. The topological polar surface area (TPSA) is 60.5 Å². The number of hydrogen-bond acceptors (Lipinski definition) is 6. The molecule has 0 spiro atoms. The van der Waals surface area contributed by atoms with E-state index in [2.05, 4.69) is 0 Å². The summed E-state index contributed by atoms with van der Waals surface area (Å²) in [6, 6.07) is 31.4. The average Bonchev–Trinajstić information content (AvgIpc) is 3.71. The first-order valence-corrected chi connectivity index (χ1v) is 13.6. The summed E-state index contributed by atoms with van der Waals surface area (Å²) >= 11 is 6.80. The molecule has 0 N–H and O–H groups in total. The molecule has 39 heavy (non-hydrogen) atoms. The molecule has 6 nitrogen and oxygen atoms in total. The minimum Gasteiger partial charge on any atom is -0.489 e. The highest BCUT2D eigenvalue weighted by Crippen LogP contribution is 2.36. The van der Waals surface area contributed by atoms with Crippen molar-refractivity contribution in [1.29, 1.82) is 0 Å². The van der Waals surface area contributed by atoms with E-state index in [0.29, 0.717) is 28.1 Å². The molecule has 3 heterocycles. The van der Waals surface area contributed by atoms with Gasteiger partial charge in [0.2, 0.25) is 0 Å². The normalized spacial score (nSPS) is 14.4. The summed E-state index contributed by atoms with van der Waals surface area (Å²) in [6.07, 6.45) is 5.39. The van der Waals surface area contributed by atoms with Crippen molar-refractivity contribution < 1.29 is 13.9 Å². The zero-order chi connectivity index (χ0) is 26.6. The van der Waals surface area contributed by atoms with Gasteiger partial charge < -0.3 is 9.15 Å². The average molecular weight is 550 g/mol. The van der Waals surface area contributed by atoms with Crippen molar-refractivity contribution in [3.05, 3.63) is 131 Å². The highest BCUT2D eigenvalue weighted by Gasteiger charge is 2.33. The molecular formula is C31H23N3O3S2. The van der Waals surface area contributed by atoms with Gasteiger partial charge in [0.05, 0.1) is 29.1 Å². The Morgan fingerprint density at radius 1 is 0.923 bits per heavy atom. The molecule has 0 radical (unpaired) electrons. The number of aromatic nitrogens is 2. The summed E-state index contributed by atoms with van der Waals surface area (Å²) in [6.45, 7) is 0.795. The van der Waals surface area contributed by atoms with E-state index in [0.717, 1.165) is 33.8 Å². The van der Waals surface area contributed by atoms with Crippen LogP contribution in [0.4, 0.5) is 0 Å². The molecule has 1 amide bonds. The molecule has 1 aliphatic heterocycles. The van der Waals surface area contributed by atoms with Crippen molar-refractivity contribution in [3.8, 4) is 22.7 Å². The fraction of sp³-hybridized carbons (Fsp3) is 0.0645. The van der Waals surface area contributed by atoms with E-state index < -0.39 is 0 Å². The predicted octanol–water partition coefficient (Wildman–Crippen LogP) is 7.11. The third-order valence-electron chi connectivity index (χ3n) is 6.19. The van der Waals surface area contributed by atoms with E-state index >= 15 is 0 Å². The molecule has 3 aromatic carbocycles. The maximum atomic E-state index is 13.3. The zero-order valence-corrected chi connectivity index (χ0v) is 22.4. The Hall–Kier alpha value is -4.40. The number of nitrogens with zero attached hydrogens (tertiary/aromatic N) is 3. The number of hydrogen-bond donors (Lipinski definition) is 0. The minimum absolute atomic E-state index is 0.149. The number of carbonyl (C=O) groups excluding carboxylic acids is 1. The fourth-order valence-corrected chi connectivity index (χ4v) is 5.46. The molecule has 2 aromatic heterocycles. The third-order valence-corrected chi connectivity index (χ3v) is 7.57. The van der Waals surface area contributed by atoms with Crippen molar-refractivity contribution in [2.24, 2.45) is 0 Å². The Morgan fingerprint density at radius 2 is 1.67 bits per heavy atom. The first-order chi connectivity index (χ1) is 19.1. The largest absolute Gasteiger partial charge is 0.489 e. The SMILES string of the molecule is O=C1/C(=C/c2cn(-c3ccccc3)nc2-c2ccc(OCc3ccccc3)cc2)SC(=S)N1Cc1ccco1. The Bertz CT molecular complexity index is 1630. The quantitative estimate of drug-likeness (QED) is 0.152. The molecule has 6 rings (SSSR count). The first kappa shape index (κ1) is 24.9. The number of benzene rings is 3. The van der Waals surface area contributed by atoms with E-state index in [9.17, 15) is 4.79 Å². The Morgan fingerprint density at radius 3 is 2.38 bits per heavy atom. The van der Waals surface area contributed by atoms with E-state index in [1.807, 2.05) is 108 Å². The minimum atomic E-state index is -0.149. The number of furan rings is 1. The molecular weight excluding hydrogens is 526 g/mol. The number of para-hydroxylation sites is 1. The second-order valence-corrected chi connectivity index (χ2v) is 10.5. The van der Waals surface area contributed by atoms with Crippen molar-refractivity contribution in [1.82, 2.24) is 14.7 Å². The number of thioether (sulfide) groups is 1. The summed E-state index contributed by atoms with van der Waals surface area (Å²) < 4.78 is 13.7. The van der Waals surface area contributed by atoms with E-state index in [1.54, 1.807) is 17.2 Å². The van der Waals surface area contributed by atoms with Gasteiger partial charge in [-0.15, -0.1) is 0 Å². The van der Waals surface area contributed by atoms with E-state index in [1.165, 1.54) is 11.8 Å².